The highest BCUT2D eigenvalue weighted by Crippen LogP contribution is 2.20. The van der Waals surface area contributed by atoms with Gasteiger partial charge in [-0.3, -0.25) is 9.48 Å². The molecule has 1 aromatic heterocycles. The predicted octanol–water partition coefficient (Wildman–Crippen LogP) is 1.76. The summed E-state index contributed by atoms with van der Waals surface area (Å²) in [6, 6.07) is 5.54. The minimum Gasteiger partial charge on any atom is -0.481 e. The fourth-order valence-corrected chi connectivity index (χ4v) is 1.58. The molecule has 0 bridgehead atoms. The van der Waals surface area contributed by atoms with Gasteiger partial charge in [-0.05, 0) is 24.6 Å². The fraction of sp³-hybridized carbons (Fsp3) is 0.273. The Kier molecular flexibility index (Phi) is 2.19. The van der Waals surface area contributed by atoms with Crippen LogP contribution in [0.4, 0.5) is 0 Å². The molecular weight excluding hydrogens is 192 g/mol. The van der Waals surface area contributed by atoms with Crippen molar-refractivity contribution in [2.45, 2.75) is 12.8 Å². The molecule has 0 fully saturated rings. The van der Waals surface area contributed by atoms with Crippen molar-refractivity contribution in [1.29, 1.82) is 0 Å². The Morgan fingerprint density at radius 1 is 1.53 bits per heavy atom. The van der Waals surface area contributed by atoms with Crippen LogP contribution in [0.3, 0.4) is 0 Å². The first-order valence-corrected chi connectivity index (χ1v) is 4.74. The molecule has 1 N–H and O–H groups in total. The van der Waals surface area contributed by atoms with E-state index in [0.29, 0.717) is 0 Å². The molecular formula is C11H12N2O2. The highest BCUT2D eigenvalue weighted by atomic mass is 16.4. The number of carboxylic acids is 1. The zero-order chi connectivity index (χ0) is 11.0. The molecule has 1 unspecified atom stereocenters. The molecule has 0 aliphatic heterocycles. The van der Waals surface area contributed by atoms with Crippen molar-refractivity contribution in [3.8, 4) is 0 Å². The van der Waals surface area contributed by atoms with Crippen molar-refractivity contribution in [2.75, 3.05) is 0 Å². The lowest BCUT2D eigenvalue weighted by atomic mass is 10.0. The molecule has 4 heteroatoms. The lowest BCUT2D eigenvalue weighted by Gasteiger charge is -2.05. The Hall–Kier alpha value is -1.84. The summed E-state index contributed by atoms with van der Waals surface area (Å²) < 4.78 is 1.72. The number of carbonyl (C=O) groups is 1. The highest BCUT2D eigenvalue weighted by molar-refractivity contribution is 5.82. The van der Waals surface area contributed by atoms with Gasteiger partial charge in [-0.1, -0.05) is 6.07 Å². The Bertz CT molecular complexity index is 516. The normalized spacial score (nSPS) is 12.9. The molecule has 0 radical (unpaired) electrons. The topological polar surface area (TPSA) is 55.1 Å². The Labute approximate surface area is 87.1 Å². The predicted molar refractivity (Wildman–Crippen MR) is 56.8 cm³/mol. The summed E-state index contributed by atoms with van der Waals surface area (Å²) in [5.74, 6) is -1.28. The third-order valence-electron chi connectivity index (χ3n) is 2.51. The largest absolute Gasteiger partial charge is 0.481 e. The van der Waals surface area contributed by atoms with Crippen LogP contribution in [0, 0.1) is 0 Å². The zero-order valence-electron chi connectivity index (χ0n) is 8.64. The van der Waals surface area contributed by atoms with Crippen LogP contribution in [0.5, 0.6) is 0 Å². The molecule has 2 rings (SSSR count). The van der Waals surface area contributed by atoms with Gasteiger partial charge in [0.1, 0.15) is 0 Å². The summed E-state index contributed by atoms with van der Waals surface area (Å²) in [4.78, 5) is 10.8. The molecule has 4 nitrogen and oxygen atoms in total. The zero-order valence-corrected chi connectivity index (χ0v) is 8.64. The van der Waals surface area contributed by atoms with E-state index in [4.69, 9.17) is 5.11 Å². The molecule has 2 aromatic rings. The van der Waals surface area contributed by atoms with E-state index in [0.717, 1.165) is 16.5 Å². The minimum atomic E-state index is -0.807. The average molecular weight is 204 g/mol. The smallest absolute Gasteiger partial charge is 0.310 e. The maximum Gasteiger partial charge on any atom is 0.310 e. The molecule has 0 aliphatic rings. The monoisotopic (exact) mass is 204 g/mol. The van der Waals surface area contributed by atoms with E-state index in [2.05, 4.69) is 5.10 Å². The van der Waals surface area contributed by atoms with Crippen LogP contribution in [0.15, 0.2) is 24.4 Å². The minimum absolute atomic E-state index is 0.477. The molecule has 1 heterocycles. The van der Waals surface area contributed by atoms with Crippen LogP contribution in [-0.4, -0.2) is 20.9 Å². The average Bonchev–Trinajstić information content (AvgIpc) is 2.55. The second-order valence-electron chi connectivity index (χ2n) is 3.68. The highest BCUT2D eigenvalue weighted by Gasteiger charge is 2.14. The third-order valence-corrected chi connectivity index (χ3v) is 2.51. The first-order valence-electron chi connectivity index (χ1n) is 4.74. The van der Waals surface area contributed by atoms with E-state index in [1.165, 1.54) is 0 Å². The number of rotatable bonds is 2. The molecule has 15 heavy (non-hydrogen) atoms. The number of fused-ring (bicyclic) bond motifs is 1. The van der Waals surface area contributed by atoms with Gasteiger partial charge in [-0.15, -0.1) is 0 Å². The van der Waals surface area contributed by atoms with Gasteiger partial charge in [0.25, 0.3) is 0 Å². The standard InChI is InChI=1S/C11H12N2O2/c1-7(11(14)15)8-3-4-10-9(5-8)6-13(2)12-10/h3-7H,1-2H3,(H,14,15). The van der Waals surface area contributed by atoms with Crippen LogP contribution in [0.2, 0.25) is 0 Å². The fourth-order valence-electron chi connectivity index (χ4n) is 1.58. The van der Waals surface area contributed by atoms with Crippen LogP contribution >= 0.6 is 0 Å². The summed E-state index contributed by atoms with van der Waals surface area (Å²) in [7, 11) is 1.85. The van der Waals surface area contributed by atoms with E-state index in [-0.39, 0.29) is 0 Å². The second kappa shape index (κ2) is 3.38. The van der Waals surface area contributed by atoms with E-state index in [1.807, 2.05) is 31.4 Å². The van der Waals surface area contributed by atoms with Crippen LogP contribution in [-0.2, 0) is 11.8 Å². The number of nitrogens with zero attached hydrogens (tertiary/aromatic N) is 2. The van der Waals surface area contributed by atoms with Crippen LogP contribution < -0.4 is 0 Å². The lowest BCUT2D eigenvalue weighted by Crippen LogP contribution is -2.06. The molecule has 0 saturated heterocycles. The number of aryl methyl sites for hydroxylation is 1. The van der Waals surface area contributed by atoms with Gasteiger partial charge in [0.15, 0.2) is 0 Å². The van der Waals surface area contributed by atoms with Crippen molar-refractivity contribution in [2.24, 2.45) is 7.05 Å². The van der Waals surface area contributed by atoms with E-state index in [1.54, 1.807) is 11.6 Å². The summed E-state index contributed by atoms with van der Waals surface area (Å²) in [5.41, 5.74) is 1.70. The Morgan fingerprint density at radius 2 is 2.27 bits per heavy atom. The second-order valence-corrected chi connectivity index (χ2v) is 3.68. The van der Waals surface area contributed by atoms with Crippen LogP contribution in [0.1, 0.15) is 18.4 Å². The number of hydrogen-bond acceptors (Lipinski definition) is 2. The number of hydrogen-bond donors (Lipinski definition) is 1. The van der Waals surface area contributed by atoms with E-state index >= 15 is 0 Å². The number of benzene rings is 1. The molecule has 0 aliphatic carbocycles. The van der Waals surface area contributed by atoms with Gasteiger partial charge < -0.3 is 5.11 Å². The SMILES string of the molecule is CC(C(=O)O)c1ccc2nn(C)cc2c1. The molecule has 1 aromatic carbocycles. The summed E-state index contributed by atoms with van der Waals surface area (Å²) >= 11 is 0. The Morgan fingerprint density at radius 3 is 2.93 bits per heavy atom. The van der Waals surface area contributed by atoms with Gasteiger partial charge in [0.2, 0.25) is 0 Å². The third kappa shape index (κ3) is 1.70. The van der Waals surface area contributed by atoms with Gasteiger partial charge in [-0.25, -0.2) is 0 Å². The molecule has 0 spiro atoms. The number of carboxylic acid groups (broad SMARTS) is 1. The van der Waals surface area contributed by atoms with Crippen molar-refractivity contribution in [3.05, 3.63) is 30.0 Å². The first-order chi connectivity index (χ1) is 7.08. The first kappa shape index (κ1) is 9.71. The molecule has 0 amide bonds. The van der Waals surface area contributed by atoms with Crippen molar-refractivity contribution in [1.82, 2.24) is 9.78 Å². The lowest BCUT2D eigenvalue weighted by molar-refractivity contribution is -0.138. The molecule has 0 saturated carbocycles. The molecule has 78 valence electrons. The van der Waals surface area contributed by atoms with E-state index in [9.17, 15) is 4.79 Å². The Balaban J connectivity index is 2.50. The summed E-state index contributed by atoms with van der Waals surface area (Å²) in [5, 5.41) is 14.1. The van der Waals surface area contributed by atoms with Crippen molar-refractivity contribution < 1.29 is 9.90 Å². The van der Waals surface area contributed by atoms with Gasteiger partial charge in [-0.2, -0.15) is 5.10 Å². The van der Waals surface area contributed by atoms with E-state index < -0.39 is 11.9 Å². The molecule has 1 atom stereocenters. The van der Waals surface area contributed by atoms with Gasteiger partial charge >= 0.3 is 5.97 Å². The van der Waals surface area contributed by atoms with Gasteiger partial charge in [0, 0.05) is 18.6 Å². The summed E-state index contributed by atoms with van der Waals surface area (Å²) in [6.07, 6.45) is 1.88. The van der Waals surface area contributed by atoms with Gasteiger partial charge in [0.05, 0.1) is 11.4 Å². The maximum absolute atomic E-state index is 10.8. The summed E-state index contributed by atoms with van der Waals surface area (Å²) in [6.45, 7) is 1.68. The van der Waals surface area contributed by atoms with Crippen LogP contribution in [0.25, 0.3) is 10.9 Å². The number of aliphatic carboxylic acids is 1. The number of aromatic nitrogens is 2. The van der Waals surface area contributed by atoms with Crippen molar-refractivity contribution in [3.63, 3.8) is 0 Å². The quantitative estimate of drug-likeness (QED) is 0.810. The van der Waals surface area contributed by atoms with Crippen molar-refractivity contribution >= 4 is 16.9 Å². The maximum atomic E-state index is 10.8.